The summed E-state index contributed by atoms with van der Waals surface area (Å²) in [7, 11) is 0. The molecule has 1 fully saturated rings. The summed E-state index contributed by atoms with van der Waals surface area (Å²) in [4.78, 5) is 27.0. The summed E-state index contributed by atoms with van der Waals surface area (Å²) in [6.07, 6.45) is 2.67. The van der Waals surface area contributed by atoms with Gasteiger partial charge < -0.3 is 19.1 Å². The number of pyridine rings is 1. The molecule has 6 heteroatoms. The molecular weight excluding hydrogens is 320 g/mol. The minimum Gasteiger partial charge on any atom is -0.464 e. The van der Waals surface area contributed by atoms with Crippen LogP contribution in [0.1, 0.15) is 41.1 Å². The lowest BCUT2D eigenvalue weighted by molar-refractivity contribution is 0.0946. The van der Waals surface area contributed by atoms with E-state index in [9.17, 15) is 9.59 Å². The first-order valence-electron chi connectivity index (χ1n) is 8.26. The summed E-state index contributed by atoms with van der Waals surface area (Å²) < 4.78 is 11.0. The van der Waals surface area contributed by atoms with E-state index in [0.29, 0.717) is 29.1 Å². The summed E-state index contributed by atoms with van der Waals surface area (Å²) in [5, 5.41) is 2.72. The van der Waals surface area contributed by atoms with Crippen molar-refractivity contribution < 1.29 is 13.6 Å². The van der Waals surface area contributed by atoms with Gasteiger partial charge in [0.1, 0.15) is 22.8 Å². The predicted molar refractivity (Wildman–Crippen MR) is 91.2 cm³/mol. The van der Waals surface area contributed by atoms with Crippen LogP contribution in [0.4, 0.5) is 0 Å². The molecule has 0 bridgehead atoms. The molecule has 25 heavy (non-hydrogen) atoms. The Morgan fingerprint density at radius 3 is 2.80 bits per heavy atom. The number of amides is 1. The monoisotopic (exact) mass is 338 g/mol. The molecule has 0 spiro atoms. The van der Waals surface area contributed by atoms with Crippen LogP contribution >= 0.6 is 0 Å². The number of rotatable bonds is 5. The third-order valence-corrected chi connectivity index (χ3v) is 4.52. The fourth-order valence-corrected chi connectivity index (χ4v) is 2.90. The summed E-state index contributed by atoms with van der Waals surface area (Å²) in [6, 6.07) is 10.4. The van der Waals surface area contributed by atoms with Gasteiger partial charge in [-0.25, -0.2) is 0 Å². The number of hydrogen-bond acceptors (Lipinski definition) is 4. The minimum atomic E-state index is -0.460. The Morgan fingerprint density at radius 2 is 2.12 bits per heavy atom. The van der Waals surface area contributed by atoms with E-state index in [2.05, 4.69) is 17.2 Å². The Kier molecular flexibility index (Phi) is 3.80. The van der Waals surface area contributed by atoms with E-state index in [1.165, 1.54) is 12.3 Å². The van der Waals surface area contributed by atoms with Gasteiger partial charge in [0.25, 0.3) is 11.5 Å². The fourth-order valence-electron chi connectivity index (χ4n) is 2.90. The highest BCUT2D eigenvalue weighted by Gasteiger charge is 2.36. The Hall–Kier alpha value is -3.02. The molecule has 3 heterocycles. The molecule has 1 saturated carbocycles. The van der Waals surface area contributed by atoms with Crippen LogP contribution in [-0.4, -0.2) is 10.9 Å². The summed E-state index contributed by atoms with van der Waals surface area (Å²) in [5.41, 5.74) is 0.122. The maximum Gasteiger partial charge on any atom is 0.261 e. The normalized spacial score (nSPS) is 18.9. The van der Waals surface area contributed by atoms with E-state index in [1.54, 1.807) is 18.2 Å². The van der Waals surface area contributed by atoms with Gasteiger partial charge in [0.05, 0.1) is 18.5 Å². The Balaban J connectivity index is 1.42. The van der Waals surface area contributed by atoms with Crippen molar-refractivity contribution in [3.8, 4) is 11.5 Å². The molecule has 1 aliphatic rings. The average molecular weight is 338 g/mol. The maximum atomic E-state index is 12.2. The fraction of sp³-hybridized carbons (Fsp3) is 0.263. The molecule has 0 aliphatic heterocycles. The van der Waals surface area contributed by atoms with Crippen LogP contribution in [0, 0.1) is 5.92 Å². The maximum absolute atomic E-state index is 12.2. The number of H-pyrrole nitrogens is 1. The highest BCUT2D eigenvalue weighted by Crippen LogP contribution is 2.47. The minimum absolute atomic E-state index is 0.0536. The molecule has 0 saturated heterocycles. The van der Waals surface area contributed by atoms with Gasteiger partial charge >= 0.3 is 0 Å². The quantitative estimate of drug-likeness (QED) is 0.747. The number of hydrogen-bond donors (Lipinski definition) is 2. The van der Waals surface area contributed by atoms with Crippen molar-refractivity contribution in [2.75, 3.05) is 0 Å². The number of carbonyl (C=O) groups is 1. The second kappa shape index (κ2) is 6.12. The van der Waals surface area contributed by atoms with Gasteiger partial charge in [-0.1, -0.05) is 6.92 Å². The van der Waals surface area contributed by atoms with Crippen LogP contribution in [0.3, 0.4) is 0 Å². The summed E-state index contributed by atoms with van der Waals surface area (Å²) in [5.74, 6) is 2.93. The number of nitrogens with one attached hydrogen (secondary N) is 2. The molecule has 6 nitrogen and oxygen atoms in total. The molecule has 0 radical (unpaired) electrons. The van der Waals surface area contributed by atoms with Gasteiger partial charge in [0.2, 0.25) is 0 Å². The van der Waals surface area contributed by atoms with Crippen LogP contribution in [-0.2, 0) is 6.54 Å². The summed E-state index contributed by atoms with van der Waals surface area (Å²) in [6.45, 7) is 2.44. The third-order valence-electron chi connectivity index (χ3n) is 4.52. The van der Waals surface area contributed by atoms with E-state index in [-0.39, 0.29) is 12.1 Å². The van der Waals surface area contributed by atoms with Gasteiger partial charge in [-0.15, -0.1) is 0 Å². The molecule has 128 valence electrons. The highest BCUT2D eigenvalue weighted by molar-refractivity contribution is 5.93. The molecule has 0 unspecified atom stereocenters. The molecule has 3 aromatic rings. The van der Waals surface area contributed by atoms with Gasteiger partial charge in [0.15, 0.2) is 0 Å². The lowest BCUT2D eigenvalue weighted by atomic mass is 10.2. The molecule has 3 aromatic heterocycles. The van der Waals surface area contributed by atoms with Crippen molar-refractivity contribution in [2.45, 2.75) is 25.8 Å². The summed E-state index contributed by atoms with van der Waals surface area (Å²) >= 11 is 0. The topological polar surface area (TPSA) is 88.2 Å². The molecule has 2 N–H and O–H groups in total. The molecule has 1 aliphatic carbocycles. The Morgan fingerprint density at radius 1 is 1.28 bits per heavy atom. The van der Waals surface area contributed by atoms with Crippen molar-refractivity contribution >= 4 is 5.91 Å². The van der Waals surface area contributed by atoms with E-state index in [1.807, 2.05) is 12.1 Å². The van der Waals surface area contributed by atoms with E-state index in [0.717, 1.165) is 12.2 Å². The Labute approximate surface area is 143 Å². The van der Waals surface area contributed by atoms with Crippen molar-refractivity contribution in [3.63, 3.8) is 0 Å². The van der Waals surface area contributed by atoms with E-state index >= 15 is 0 Å². The lowest BCUT2D eigenvalue weighted by Crippen LogP contribution is -2.29. The molecular formula is C19H18N2O4. The highest BCUT2D eigenvalue weighted by atomic mass is 16.3. The van der Waals surface area contributed by atoms with Crippen LogP contribution in [0.15, 0.2) is 56.3 Å². The molecule has 4 rings (SSSR count). The first-order chi connectivity index (χ1) is 12.1. The predicted octanol–water partition coefficient (Wildman–Crippen LogP) is 3.28. The smallest absolute Gasteiger partial charge is 0.261 e. The zero-order valence-corrected chi connectivity index (χ0v) is 13.7. The van der Waals surface area contributed by atoms with Crippen LogP contribution < -0.4 is 10.9 Å². The van der Waals surface area contributed by atoms with Gasteiger partial charge in [-0.05, 0) is 48.7 Å². The number of carbonyl (C=O) groups excluding carboxylic acids is 1. The first kappa shape index (κ1) is 15.5. The van der Waals surface area contributed by atoms with E-state index in [4.69, 9.17) is 8.83 Å². The second-order valence-corrected chi connectivity index (χ2v) is 6.40. The third kappa shape index (κ3) is 3.15. The van der Waals surface area contributed by atoms with Gasteiger partial charge in [-0.2, -0.15) is 0 Å². The zero-order valence-electron chi connectivity index (χ0n) is 13.7. The Bertz CT molecular complexity index is 952. The van der Waals surface area contributed by atoms with Gasteiger partial charge in [0, 0.05) is 5.92 Å². The average Bonchev–Trinajstić information content (AvgIpc) is 3.04. The van der Waals surface area contributed by atoms with Crippen molar-refractivity contribution in [3.05, 3.63) is 70.1 Å². The lowest BCUT2D eigenvalue weighted by Gasteiger charge is -2.04. The molecule has 1 amide bonds. The van der Waals surface area contributed by atoms with Crippen LogP contribution in [0.5, 0.6) is 0 Å². The van der Waals surface area contributed by atoms with Crippen LogP contribution in [0.25, 0.3) is 11.5 Å². The molecule has 0 aromatic carbocycles. The first-order valence-corrected chi connectivity index (χ1v) is 8.26. The number of aromatic amines is 1. The number of furan rings is 2. The largest absolute Gasteiger partial charge is 0.464 e. The second-order valence-electron chi connectivity index (χ2n) is 6.40. The standard InChI is InChI=1S/C19H18N2O4/c1-11-9-14(11)16-7-4-12(25-16)10-20-18(22)13-5-6-15(21-19(13)23)17-3-2-8-24-17/h2-8,11,14H,9-10H2,1H3,(H,20,22)(H,21,23)/t11-,14+/m0/s1. The SMILES string of the molecule is C[C@H]1C[C@H]1c1ccc(CNC(=O)c2ccc(-c3ccco3)[nH]c2=O)o1. The van der Waals surface area contributed by atoms with E-state index < -0.39 is 11.5 Å². The number of aromatic nitrogens is 1. The van der Waals surface area contributed by atoms with Gasteiger partial charge in [-0.3, -0.25) is 9.59 Å². The molecule has 2 atom stereocenters. The van der Waals surface area contributed by atoms with Crippen molar-refractivity contribution in [1.82, 2.24) is 10.3 Å². The van der Waals surface area contributed by atoms with Crippen molar-refractivity contribution in [2.24, 2.45) is 5.92 Å². The zero-order chi connectivity index (χ0) is 17.4. The van der Waals surface area contributed by atoms with Crippen LogP contribution in [0.2, 0.25) is 0 Å². The van der Waals surface area contributed by atoms with Crippen molar-refractivity contribution in [1.29, 1.82) is 0 Å².